The number of nitrogens with one attached hydrogen (secondary N) is 2. The Labute approximate surface area is 108 Å². The molecule has 1 aliphatic carbocycles. The maximum absolute atomic E-state index is 11.7. The van der Waals surface area contributed by atoms with Crippen LogP contribution in [-0.2, 0) is 10.0 Å². The third-order valence-corrected chi connectivity index (χ3v) is 4.86. The van der Waals surface area contributed by atoms with Gasteiger partial charge < -0.3 is 11.1 Å². The number of rotatable bonds is 4. The number of anilines is 2. The van der Waals surface area contributed by atoms with Gasteiger partial charge in [-0.05, 0) is 37.1 Å². The summed E-state index contributed by atoms with van der Waals surface area (Å²) in [6, 6.07) is 5.05. The Balaban J connectivity index is 2.28. The van der Waals surface area contributed by atoms with Crippen molar-refractivity contribution in [3.8, 4) is 0 Å². The summed E-state index contributed by atoms with van der Waals surface area (Å²) >= 11 is 0. The van der Waals surface area contributed by atoms with Crippen LogP contribution in [0.25, 0.3) is 0 Å². The minimum atomic E-state index is -3.43. The monoisotopic (exact) mass is 269 g/mol. The quantitative estimate of drug-likeness (QED) is 0.721. The SMILES string of the molecule is CNS(=O)(=O)c1ccc(N)c(NC2CC2(C)C)c1. The summed E-state index contributed by atoms with van der Waals surface area (Å²) in [4.78, 5) is 0.222. The van der Waals surface area contributed by atoms with Gasteiger partial charge in [-0.2, -0.15) is 0 Å². The van der Waals surface area contributed by atoms with Crippen molar-refractivity contribution in [2.45, 2.75) is 31.2 Å². The lowest BCUT2D eigenvalue weighted by molar-refractivity contribution is 0.588. The lowest BCUT2D eigenvalue weighted by Crippen LogP contribution is -2.19. The minimum Gasteiger partial charge on any atom is -0.397 e. The summed E-state index contributed by atoms with van der Waals surface area (Å²) in [5.41, 5.74) is 7.36. The van der Waals surface area contributed by atoms with E-state index in [2.05, 4.69) is 23.9 Å². The molecule has 0 amide bonds. The van der Waals surface area contributed by atoms with Crippen molar-refractivity contribution in [2.75, 3.05) is 18.1 Å². The Morgan fingerprint density at radius 1 is 1.39 bits per heavy atom. The topological polar surface area (TPSA) is 84.2 Å². The maximum Gasteiger partial charge on any atom is 0.240 e. The van der Waals surface area contributed by atoms with Gasteiger partial charge in [0, 0.05) is 6.04 Å². The summed E-state index contributed by atoms with van der Waals surface area (Å²) in [7, 11) is -2.04. The molecule has 2 rings (SSSR count). The zero-order valence-corrected chi connectivity index (χ0v) is 11.6. The third-order valence-electron chi connectivity index (χ3n) is 3.45. The summed E-state index contributed by atoms with van der Waals surface area (Å²) in [6.07, 6.45) is 1.06. The molecule has 0 heterocycles. The molecule has 5 nitrogen and oxygen atoms in total. The van der Waals surface area contributed by atoms with E-state index in [0.717, 1.165) is 6.42 Å². The minimum absolute atomic E-state index is 0.222. The lowest BCUT2D eigenvalue weighted by atomic mass is 10.2. The number of sulfonamides is 1. The molecule has 1 fully saturated rings. The molecule has 18 heavy (non-hydrogen) atoms. The van der Waals surface area contributed by atoms with Crippen LogP contribution in [0.2, 0.25) is 0 Å². The smallest absolute Gasteiger partial charge is 0.240 e. The molecule has 6 heteroatoms. The van der Waals surface area contributed by atoms with Crippen LogP contribution in [0.15, 0.2) is 23.1 Å². The van der Waals surface area contributed by atoms with E-state index < -0.39 is 10.0 Å². The molecule has 1 aromatic carbocycles. The highest BCUT2D eigenvalue weighted by molar-refractivity contribution is 7.89. The fourth-order valence-electron chi connectivity index (χ4n) is 1.85. The van der Waals surface area contributed by atoms with Gasteiger partial charge >= 0.3 is 0 Å². The van der Waals surface area contributed by atoms with Gasteiger partial charge in [0.05, 0.1) is 16.3 Å². The fraction of sp³-hybridized carbons (Fsp3) is 0.500. The molecule has 0 saturated heterocycles. The molecule has 0 spiro atoms. The van der Waals surface area contributed by atoms with Gasteiger partial charge in [-0.25, -0.2) is 13.1 Å². The molecular weight excluding hydrogens is 250 g/mol. The van der Waals surface area contributed by atoms with Crippen molar-refractivity contribution >= 4 is 21.4 Å². The number of benzene rings is 1. The highest BCUT2D eigenvalue weighted by atomic mass is 32.2. The Bertz CT molecular complexity index is 567. The van der Waals surface area contributed by atoms with Crippen LogP contribution in [0.1, 0.15) is 20.3 Å². The second-order valence-corrected chi connectivity index (χ2v) is 7.23. The van der Waals surface area contributed by atoms with Crippen LogP contribution in [0, 0.1) is 5.41 Å². The molecule has 0 bridgehead atoms. The summed E-state index contributed by atoms with van der Waals surface area (Å²) in [5, 5.41) is 3.29. The normalized spacial score (nSPS) is 21.6. The number of hydrogen-bond donors (Lipinski definition) is 3. The molecule has 1 saturated carbocycles. The van der Waals surface area contributed by atoms with Crippen LogP contribution in [0.5, 0.6) is 0 Å². The highest BCUT2D eigenvalue weighted by Crippen LogP contribution is 2.47. The first-order chi connectivity index (χ1) is 8.26. The number of hydrogen-bond acceptors (Lipinski definition) is 4. The van der Waals surface area contributed by atoms with E-state index in [1.807, 2.05) is 0 Å². The van der Waals surface area contributed by atoms with Crippen LogP contribution >= 0.6 is 0 Å². The molecule has 1 unspecified atom stereocenters. The Morgan fingerprint density at radius 2 is 2.00 bits per heavy atom. The zero-order chi connectivity index (χ0) is 13.6. The first-order valence-electron chi connectivity index (χ1n) is 5.86. The fourth-order valence-corrected chi connectivity index (χ4v) is 2.60. The van der Waals surface area contributed by atoms with E-state index in [4.69, 9.17) is 5.73 Å². The number of nitrogen functional groups attached to an aromatic ring is 1. The molecule has 0 aromatic heterocycles. The average Bonchev–Trinajstić information content (AvgIpc) is 2.89. The lowest BCUT2D eigenvalue weighted by Gasteiger charge is -2.12. The Hall–Kier alpha value is -1.27. The summed E-state index contributed by atoms with van der Waals surface area (Å²) in [6.45, 7) is 4.32. The van der Waals surface area contributed by atoms with Crippen molar-refractivity contribution in [1.29, 1.82) is 0 Å². The second kappa shape index (κ2) is 4.13. The van der Waals surface area contributed by atoms with Crippen molar-refractivity contribution in [1.82, 2.24) is 4.72 Å². The van der Waals surface area contributed by atoms with E-state index in [0.29, 0.717) is 17.4 Å². The predicted molar refractivity (Wildman–Crippen MR) is 72.9 cm³/mol. The van der Waals surface area contributed by atoms with Gasteiger partial charge in [0.25, 0.3) is 0 Å². The zero-order valence-electron chi connectivity index (χ0n) is 10.8. The maximum atomic E-state index is 11.7. The van der Waals surface area contributed by atoms with Crippen molar-refractivity contribution < 1.29 is 8.42 Å². The molecule has 1 aromatic rings. The van der Waals surface area contributed by atoms with Crippen molar-refractivity contribution in [2.24, 2.45) is 5.41 Å². The molecule has 100 valence electrons. The summed E-state index contributed by atoms with van der Waals surface area (Å²) < 4.78 is 25.7. The largest absolute Gasteiger partial charge is 0.397 e. The molecule has 1 aliphatic rings. The van der Waals surface area contributed by atoms with E-state index in [1.54, 1.807) is 12.1 Å². The molecule has 1 atom stereocenters. The van der Waals surface area contributed by atoms with E-state index in [9.17, 15) is 8.42 Å². The van der Waals surface area contributed by atoms with E-state index >= 15 is 0 Å². The molecule has 0 aliphatic heterocycles. The van der Waals surface area contributed by atoms with Gasteiger partial charge in [-0.1, -0.05) is 13.8 Å². The predicted octanol–water partition coefficient (Wildman–Crippen LogP) is 1.39. The first-order valence-corrected chi connectivity index (χ1v) is 7.34. The van der Waals surface area contributed by atoms with Gasteiger partial charge in [0.15, 0.2) is 0 Å². The van der Waals surface area contributed by atoms with Crippen molar-refractivity contribution in [3.05, 3.63) is 18.2 Å². The molecule has 4 N–H and O–H groups in total. The van der Waals surface area contributed by atoms with Crippen LogP contribution in [0.3, 0.4) is 0 Å². The molecule has 0 radical (unpaired) electrons. The van der Waals surface area contributed by atoms with Gasteiger partial charge in [0.1, 0.15) is 0 Å². The van der Waals surface area contributed by atoms with Crippen LogP contribution in [0.4, 0.5) is 11.4 Å². The highest BCUT2D eigenvalue weighted by Gasteiger charge is 2.45. The van der Waals surface area contributed by atoms with Crippen molar-refractivity contribution in [3.63, 3.8) is 0 Å². The third kappa shape index (κ3) is 2.44. The first kappa shape index (κ1) is 13.2. The average molecular weight is 269 g/mol. The number of nitrogens with two attached hydrogens (primary N) is 1. The van der Waals surface area contributed by atoms with E-state index in [-0.39, 0.29) is 10.3 Å². The van der Waals surface area contributed by atoms with Crippen LogP contribution in [-0.4, -0.2) is 21.5 Å². The Kier molecular flexibility index (Phi) is 3.03. The summed E-state index contributed by atoms with van der Waals surface area (Å²) in [5.74, 6) is 0. The van der Waals surface area contributed by atoms with Gasteiger partial charge in [0.2, 0.25) is 10.0 Å². The Morgan fingerprint density at radius 3 is 2.50 bits per heavy atom. The standard InChI is InChI=1S/C12H19N3O2S/c1-12(2)7-11(12)15-10-6-8(4-5-9(10)13)18(16,17)14-3/h4-6,11,14-15H,7,13H2,1-3H3. The van der Waals surface area contributed by atoms with Crippen LogP contribution < -0.4 is 15.8 Å². The van der Waals surface area contributed by atoms with Gasteiger partial charge in [-0.15, -0.1) is 0 Å². The van der Waals surface area contributed by atoms with Gasteiger partial charge in [-0.3, -0.25) is 0 Å². The molecular formula is C12H19N3O2S. The van der Waals surface area contributed by atoms with E-state index in [1.165, 1.54) is 13.1 Å². The second-order valence-electron chi connectivity index (χ2n) is 5.35.